The molecule has 2 heterocycles. The van der Waals surface area contributed by atoms with Crippen LogP contribution in [-0.2, 0) is 11.0 Å². The van der Waals surface area contributed by atoms with Crippen molar-refractivity contribution in [2.45, 2.75) is 75.2 Å². The number of benzene rings is 5. The molecule has 2 aliphatic carbocycles. The molecule has 0 amide bonds. The van der Waals surface area contributed by atoms with Gasteiger partial charge < -0.3 is 14.4 Å². The van der Waals surface area contributed by atoms with Crippen molar-refractivity contribution in [1.82, 2.24) is 0 Å². The van der Waals surface area contributed by atoms with Crippen LogP contribution < -0.4 is 14.4 Å². The molecular formula is C45H45NO2. The summed E-state index contributed by atoms with van der Waals surface area (Å²) in [6.07, 6.45) is 17.5. The minimum Gasteiger partial charge on any atom is -0.497 e. The third-order valence-electron chi connectivity index (χ3n) is 11.9. The zero-order valence-electron chi connectivity index (χ0n) is 28.1. The van der Waals surface area contributed by atoms with Gasteiger partial charge in [0.25, 0.3) is 0 Å². The van der Waals surface area contributed by atoms with Crippen molar-refractivity contribution in [3.05, 3.63) is 131 Å². The normalized spacial score (nSPS) is 21.1. The Balaban J connectivity index is 1.29. The first kappa shape index (κ1) is 29.6. The predicted molar refractivity (Wildman–Crippen MR) is 198 cm³/mol. The molecule has 0 radical (unpaired) electrons. The van der Waals surface area contributed by atoms with E-state index in [0.29, 0.717) is 0 Å². The third-order valence-corrected chi connectivity index (χ3v) is 11.9. The summed E-state index contributed by atoms with van der Waals surface area (Å²) in [5, 5.41) is 2.38. The molecule has 48 heavy (non-hydrogen) atoms. The van der Waals surface area contributed by atoms with Crippen LogP contribution in [0.3, 0.4) is 0 Å². The lowest BCUT2D eigenvalue weighted by atomic mass is 9.67. The average molecular weight is 632 g/mol. The van der Waals surface area contributed by atoms with Gasteiger partial charge in [-0.05, 0) is 96.2 Å². The Kier molecular flexibility index (Phi) is 7.33. The van der Waals surface area contributed by atoms with Crippen LogP contribution in [-0.4, -0.2) is 20.2 Å². The van der Waals surface area contributed by atoms with Gasteiger partial charge in [0.1, 0.15) is 11.5 Å². The van der Waals surface area contributed by atoms with Crippen molar-refractivity contribution in [3.63, 3.8) is 0 Å². The second kappa shape index (κ2) is 11.9. The first-order valence-corrected chi connectivity index (χ1v) is 18.3. The van der Waals surface area contributed by atoms with Crippen molar-refractivity contribution in [2.75, 3.05) is 25.1 Å². The van der Waals surface area contributed by atoms with Gasteiger partial charge in [-0.1, -0.05) is 105 Å². The summed E-state index contributed by atoms with van der Waals surface area (Å²) in [5.41, 5.74) is 9.85. The summed E-state index contributed by atoms with van der Waals surface area (Å²) >= 11 is 0. The summed E-state index contributed by atoms with van der Waals surface area (Å²) in [4.78, 5) is 2.53. The Morgan fingerprint density at radius 1 is 0.667 bits per heavy atom. The maximum atomic E-state index is 7.65. The summed E-state index contributed by atoms with van der Waals surface area (Å²) < 4.78 is 13.5. The van der Waals surface area contributed by atoms with Gasteiger partial charge in [-0.25, -0.2) is 0 Å². The Morgan fingerprint density at radius 3 is 2.12 bits per heavy atom. The monoisotopic (exact) mass is 631 g/mol. The average Bonchev–Trinajstić information content (AvgIpc) is 3.44. The molecule has 9 rings (SSSR count). The van der Waals surface area contributed by atoms with E-state index in [1.165, 1.54) is 103 Å². The molecule has 4 aliphatic rings. The maximum Gasteiger partial charge on any atom is 0.178 e. The second-order valence-corrected chi connectivity index (χ2v) is 14.4. The van der Waals surface area contributed by atoms with Crippen LogP contribution in [0.5, 0.6) is 11.5 Å². The number of anilines is 1. The van der Waals surface area contributed by atoms with E-state index >= 15 is 0 Å². The molecule has 1 saturated carbocycles. The van der Waals surface area contributed by atoms with Crippen molar-refractivity contribution in [1.29, 1.82) is 0 Å². The highest BCUT2D eigenvalue weighted by molar-refractivity contribution is 6.09. The van der Waals surface area contributed by atoms with E-state index in [0.717, 1.165) is 41.1 Å². The number of piperidine rings is 1. The molecule has 1 spiro atoms. The summed E-state index contributed by atoms with van der Waals surface area (Å²) in [5.74, 6) is 1.83. The zero-order valence-corrected chi connectivity index (χ0v) is 28.1. The van der Waals surface area contributed by atoms with E-state index in [-0.39, 0.29) is 5.41 Å². The third kappa shape index (κ3) is 4.54. The first-order chi connectivity index (χ1) is 23.7. The number of rotatable bonds is 4. The van der Waals surface area contributed by atoms with E-state index in [2.05, 4.69) is 114 Å². The molecule has 1 unspecified atom stereocenters. The number of methoxy groups -OCH3 is 1. The van der Waals surface area contributed by atoms with Crippen LogP contribution in [0, 0.1) is 0 Å². The Labute approximate surface area is 285 Å². The van der Waals surface area contributed by atoms with Crippen molar-refractivity contribution in [3.8, 4) is 22.6 Å². The molecule has 2 aliphatic heterocycles. The summed E-state index contributed by atoms with van der Waals surface area (Å²) in [6, 6.07) is 35.9. The van der Waals surface area contributed by atoms with Crippen molar-refractivity contribution < 1.29 is 9.47 Å². The van der Waals surface area contributed by atoms with Gasteiger partial charge in [0, 0.05) is 46.3 Å². The molecule has 3 heteroatoms. The molecule has 5 aromatic carbocycles. The second-order valence-electron chi connectivity index (χ2n) is 14.4. The van der Waals surface area contributed by atoms with E-state index in [9.17, 15) is 0 Å². The molecule has 0 aromatic heterocycles. The Bertz CT molecular complexity index is 2000. The minimum atomic E-state index is -0.765. The number of nitrogens with zero attached hydrogens (tertiary/aromatic N) is 1. The minimum absolute atomic E-state index is 0.0128. The highest BCUT2D eigenvalue weighted by Crippen LogP contribution is 2.61. The molecule has 1 atom stereocenters. The predicted octanol–water partition coefficient (Wildman–Crippen LogP) is 11.2. The number of ether oxygens (including phenoxy) is 2. The number of hydrogen-bond donors (Lipinski definition) is 0. The van der Waals surface area contributed by atoms with Crippen LogP contribution in [0.25, 0.3) is 28.0 Å². The van der Waals surface area contributed by atoms with Gasteiger partial charge >= 0.3 is 0 Å². The summed E-state index contributed by atoms with van der Waals surface area (Å²) in [6.45, 7) is 2.27. The molecule has 3 nitrogen and oxygen atoms in total. The lowest BCUT2D eigenvalue weighted by molar-refractivity contribution is 0.163. The SMILES string of the molecule is COc1ccc2c3c(c4c(c2c1)OC(c1ccccc1)(c1ccc(N2CCCCC2)cc1)C=C4)C1(CCCCCCC1)c1ccccc1-3. The fraction of sp³-hybridized carbons (Fsp3) is 0.333. The van der Waals surface area contributed by atoms with E-state index in [1.807, 2.05) is 0 Å². The van der Waals surface area contributed by atoms with Gasteiger partial charge in [0.15, 0.2) is 5.60 Å². The molecule has 5 aromatic rings. The number of hydrogen-bond acceptors (Lipinski definition) is 3. The van der Waals surface area contributed by atoms with E-state index < -0.39 is 5.60 Å². The van der Waals surface area contributed by atoms with Crippen LogP contribution in [0.4, 0.5) is 5.69 Å². The number of fused-ring (bicyclic) bond motifs is 10. The fourth-order valence-corrected chi connectivity index (χ4v) is 9.54. The highest BCUT2D eigenvalue weighted by atomic mass is 16.5. The lowest BCUT2D eigenvalue weighted by Gasteiger charge is -2.40. The van der Waals surface area contributed by atoms with Gasteiger partial charge in [-0.3, -0.25) is 0 Å². The smallest absolute Gasteiger partial charge is 0.178 e. The van der Waals surface area contributed by atoms with E-state index in [4.69, 9.17) is 9.47 Å². The quantitative estimate of drug-likeness (QED) is 0.197. The molecule has 1 saturated heterocycles. The van der Waals surface area contributed by atoms with Crippen LogP contribution in [0.2, 0.25) is 0 Å². The van der Waals surface area contributed by atoms with E-state index in [1.54, 1.807) is 7.11 Å². The molecule has 0 N–H and O–H groups in total. The van der Waals surface area contributed by atoms with Gasteiger partial charge in [-0.2, -0.15) is 0 Å². The summed E-state index contributed by atoms with van der Waals surface area (Å²) in [7, 11) is 1.76. The van der Waals surface area contributed by atoms with Crippen LogP contribution >= 0.6 is 0 Å². The van der Waals surface area contributed by atoms with Crippen LogP contribution in [0.15, 0.2) is 103 Å². The standard InChI is InChI=1S/C45H45NO2/c1-47-35-23-24-36-39(31-35)43-38(42-41(36)37-17-9-10-18-40(37)44(42)26-11-3-2-4-12-27-44)25-28-45(48-43,32-15-7-5-8-16-32)33-19-21-34(22-20-33)46-29-13-6-14-30-46/h5,7-10,15-25,28,31H,2-4,6,11-14,26-27,29-30H2,1H3. The van der Waals surface area contributed by atoms with Gasteiger partial charge in [-0.15, -0.1) is 0 Å². The van der Waals surface area contributed by atoms with Crippen LogP contribution in [0.1, 0.15) is 92.0 Å². The van der Waals surface area contributed by atoms with Crippen molar-refractivity contribution >= 4 is 22.5 Å². The lowest BCUT2D eigenvalue weighted by Crippen LogP contribution is -2.35. The largest absolute Gasteiger partial charge is 0.497 e. The molecular weight excluding hydrogens is 587 g/mol. The fourth-order valence-electron chi connectivity index (χ4n) is 9.54. The Hall–Kier alpha value is -4.50. The van der Waals surface area contributed by atoms with Gasteiger partial charge in [0.2, 0.25) is 0 Å². The molecule has 2 fully saturated rings. The topological polar surface area (TPSA) is 21.7 Å². The Morgan fingerprint density at radius 2 is 1.35 bits per heavy atom. The zero-order chi connectivity index (χ0) is 32.1. The highest BCUT2D eigenvalue weighted by Gasteiger charge is 2.48. The van der Waals surface area contributed by atoms with Crippen molar-refractivity contribution in [2.24, 2.45) is 0 Å². The van der Waals surface area contributed by atoms with Gasteiger partial charge in [0.05, 0.1) is 7.11 Å². The first-order valence-electron chi connectivity index (χ1n) is 18.3. The molecule has 0 bridgehead atoms. The molecule has 242 valence electrons. The maximum absolute atomic E-state index is 7.65.